The molecular formula is C15H25N3O2. The lowest BCUT2D eigenvalue weighted by molar-refractivity contribution is 0.129. The summed E-state index contributed by atoms with van der Waals surface area (Å²) in [5.41, 5.74) is 0.983. The maximum Gasteiger partial charge on any atom is 0.314 e. The summed E-state index contributed by atoms with van der Waals surface area (Å²) in [5.74, 6) is 0. The predicted octanol–water partition coefficient (Wildman–Crippen LogP) is 1.72. The molecule has 5 heteroatoms. The molecule has 0 aliphatic rings. The SMILES string of the molecule is CC(O)CC(C)(C)CNC(=O)NCCc1cccnc1. The van der Waals surface area contributed by atoms with Gasteiger partial charge in [-0.15, -0.1) is 0 Å². The van der Waals surface area contributed by atoms with Crippen LogP contribution in [0.15, 0.2) is 24.5 Å². The normalized spacial score (nSPS) is 12.8. The lowest BCUT2D eigenvalue weighted by Gasteiger charge is -2.26. The van der Waals surface area contributed by atoms with Gasteiger partial charge in [-0.3, -0.25) is 4.98 Å². The highest BCUT2D eigenvalue weighted by atomic mass is 16.3. The third kappa shape index (κ3) is 7.09. The van der Waals surface area contributed by atoms with Crippen molar-refractivity contribution < 1.29 is 9.90 Å². The standard InChI is InChI=1S/C15H25N3O2/c1-12(19)9-15(2,3)11-18-14(20)17-8-6-13-5-4-7-16-10-13/h4-5,7,10,12,19H,6,8-9,11H2,1-3H3,(H2,17,18,20). The van der Waals surface area contributed by atoms with Crippen molar-refractivity contribution in [3.8, 4) is 0 Å². The molecule has 0 aliphatic carbocycles. The minimum atomic E-state index is -0.361. The number of carbonyl (C=O) groups excluding carboxylic acids is 1. The van der Waals surface area contributed by atoms with Gasteiger partial charge in [-0.25, -0.2) is 4.79 Å². The van der Waals surface area contributed by atoms with Gasteiger partial charge in [0.1, 0.15) is 0 Å². The molecule has 0 aliphatic heterocycles. The smallest absolute Gasteiger partial charge is 0.314 e. The minimum absolute atomic E-state index is 0.116. The highest BCUT2D eigenvalue weighted by molar-refractivity contribution is 5.73. The molecule has 0 saturated carbocycles. The summed E-state index contributed by atoms with van der Waals surface area (Å²) >= 11 is 0. The minimum Gasteiger partial charge on any atom is -0.393 e. The zero-order valence-electron chi connectivity index (χ0n) is 12.5. The molecule has 20 heavy (non-hydrogen) atoms. The Morgan fingerprint density at radius 3 is 2.80 bits per heavy atom. The number of pyridine rings is 1. The van der Waals surface area contributed by atoms with Gasteiger partial charge in [0, 0.05) is 25.5 Å². The Bertz CT molecular complexity index is 405. The molecule has 5 nitrogen and oxygen atoms in total. The highest BCUT2D eigenvalue weighted by Gasteiger charge is 2.20. The molecular weight excluding hydrogens is 254 g/mol. The van der Waals surface area contributed by atoms with Crippen LogP contribution in [0.25, 0.3) is 0 Å². The maximum absolute atomic E-state index is 11.7. The van der Waals surface area contributed by atoms with Crippen LogP contribution < -0.4 is 10.6 Å². The molecule has 1 atom stereocenters. The summed E-state index contributed by atoms with van der Waals surface area (Å²) in [4.78, 5) is 15.7. The Kier molecular flexibility index (Phi) is 6.45. The van der Waals surface area contributed by atoms with Gasteiger partial charge in [0.2, 0.25) is 0 Å². The number of rotatable bonds is 7. The van der Waals surface area contributed by atoms with Gasteiger partial charge in [-0.1, -0.05) is 19.9 Å². The van der Waals surface area contributed by atoms with E-state index in [4.69, 9.17) is 0 Å². The number of hydrogen-bond acceptors (Lipinski definition) is 3. The first-order chi connectivity index (χ1) is 9.39. The van der Waals surface area contributed by atoms with Crippen molar-refractivity contribution in [2.45, 2.75) is 39.7 Å². The molecule has 1 heterocycles. The fourth-order valence-corrected chi connectivity index (χ4v) is 2.12. The van der Waals surface area contributed by atoms with Crippen LogP contribution in [0.5, 0.6) is 0 Å². The first kappa shape index (κ1) is 16.4. The molecule has 1 aromatic rings. The number of aromatic nitrogens is 1. The zero-order chi connectivity index (χ0) is 15.0. The van der Waals surface area contributed by atoms with Gasteiger partial charge in [0.05, 0.1) is 6.10 Å². The molecule has 0 fully saturated rings. The van der Waals surface area contributed by atoms with E-state index in [0.717, 1.165) is 12.0 Å². The lowest BCUT2D eigenvalue weighted by Crippen LogP contribution is -2.42. The van der Waals surface area contributed by atoms with E-state index in [9.17, 15) is 9.90 Å². The maximum atomic E-state index is 11.7. The van der Waals surface area contributed by atoms with Crippen molar-refractivity contribution in [1.29, 1.82) is 0 Å². The van der Waals surface area contributed by atoms with Crippen LogP contribution in [0, 0.1) is 5.41 Å². The molecule has 1 rings (SSSR count). The third-order valence-electron chi connectivity index (χ3n) is 3.00. The van der Waals surface area contributed by atoms with Gasteiger partial charge in [-0.2, -0.15) is 0 Å². The van der Waals surface area contributed by atoms with Crippen LogP contribution in [-0.4, -0.2) is 35.3 Å². The molecule has 1 aromatic heterocycles. The van der Waals surface area contributed by atoms with Crippen LogP contribution in [0.3, 0.4) is 0 Å². The molecule has 0 spiro atoms. The van der Waals surface area contributed by atoms with Crippen molar-refractivity contribution in [3.63, 3.8) is 0 Å². The fourth-order valence-electron chi connectivity index (χ4n) is 2.12. The van der Waals surface area contributed by atoms with E-state index in [1.165, 1.54) is 0 Å². The number of nitrogens with zero attached hydrogens (tertiary/aromatic N) is 1. The van der Waals surface area contributed by atoms with E-state index in [-0.39, 0.29) is 17.6 Å². The highest BCUT2D eigenvalue weighted by Crippen LogP contribution is 2.20. The molecule has 112 valence electrons. The fraction of sp³-hybridized carbons (Fsp3) is 0.600. The average molecular weight is 279 g/mol. The molecule has 0 saturated heterocycles. The Hall–Kier alpha value is -1.62. The average Bonchev–Trinajstić information content (AvgIpc) is 2.36. The summed E-state index contributed by atoms with van der Waals surface area (Å²) < 4.78 is 0. The second-order valence-electron chi connectivity index (χ2n) is 5.94. The van der Waals surface area contributed by atoms with E-state index in [1.807, 2.05) is 26.0 Å². The van der Waals surface area contributed by atoms with Crippen LogP contribution in [0.2, 0.25) is 0 Å². The van der Waals surface area contributed by atoms with Gasteiger partial charge >= 0.3 is 6.03 Å². The first-order valence-corrected chi connectivity index (χ1v) is 6.98. The number of carbonyl (C=O) groups is 1. The topological polar surface area (TPSA) is 74.2 Å². The number of aliphatic hydroxyl groups excluding tert-OH is 1. The number of hydrogen-bond donors (Lipinski definition) is 3. The van der Waals surface area contributed by atoms with Gasteiger partial charge < -0.3 is 15.7 Å². The monoisotopic (exact) mass is 279 g/mol. The van der Waals surface area contributed by atoms with Crippen molar-refractivity contribution in [2.75, 3.05) is 13.1 Å². The van der Waals surface area contributed by atoms with Crippen LogP contribution in [0.1, 0.15) is 32.8 Å². The molecule has 0 aromatic carbocycles. The van der Waals surface area contributed by atoms with E-state index >= 15 is 0 Å². The van der Waals surface area contributed by atoms with Gasteiger partial charge in [0.15, 0.2) is 0 Å². The van der Waals surface area contributed by atoms with Crippen molar-refractivity contribution in [3.05, 3.63) is 30.1 Å². The second-order valence-corrected chi connectivity index (χ2v) is 5.94. The Labute approximate surface area is 120 Å². The Morgan fingerprint density at radius 1 is 1.45 bits per heavy atom. The van der Waals surface area contributed by atoms with Gasteiger partial charge in [0.25, 0.3) is 0 Å². The van der Waals surface area contributed by atoms with Gasteiger partial charge in [-0.05, 0) is 36.8 Å². The number of urea groups is 1. The van der Waals surface area contributed by atoms with E-state index in [0.29, 0.717) is 19.5 Å². The molecule has 0 radical (unpaired) electrons. The zero-order valence-corrected chi connectivity index (χ0v) is 12.5. The summed E-state index contributed by atoms with van der Waals surface area (Å²) in [6, 6.07) is 3.69. The van der Waals surface area contributed by atoms with Crippen LogP contribution >= 0.6 is 0 Å². The van der Waals surface area contributed by atoms with E-state index < -0.39 is 0 Å². The molecule has 1 unspecified atom stereocenters. The quantitative estimate of drug-likeness (QED) is 0.711. The number of nitrogens with one attached hydrogen (secondary N) is 2. The number of amides is 2. The van der Waals surface area contributed by atoms with Crippen molar-refractivity contribution in [1.82, 2.24) is 15.6 Å². The summed E-state index contributed by atoms with van der Waals surface area (Å²) in [7, 11) is 0. The molecule has 0 bridgehead atoms. The van der Waals surface area contributed by atoms with Crippen LogP contribution in [0.4, 0.5) is 4.79 Å². The van der Waals surface area contributed by atoms with E-state index in [1.54, 1.807) is 19.3 Å². The second kappa shape index (κ2) is 7.85. The van der Waals surface area contributed by atoms with Crippen LogP contribution in [-0.2, 0) is 6.42 Å². The Morgan fingerprint density at radius 2 is 2.20 bits per heavy atom. The summed E-state index contributed by atoms with van der Waals surface area (Å²) in [5, 5.41) is 15.0. The lowest BCUT2D eigenvalue weighted by atomic mass is 9.87. The summed E-state index contributed by atoms with van der Waals surface area (Å²) in [6.45, 7) is 6.92. The number of aliphatic hydroxyl groups is 1. The first-order valence-electron chi connectivity index (χ1n) is 6.98. The largest absolute Gasteiger partial charge is 0.393 e. The molecule has 2 amide bonds. The summed E-state index contributed by atoms with van der Waals surface area (Å²) in [6.07, 6.45) is 4.58. The third-order valence-corrected chi connectivity index (χ3v) is 3.00. The molecule has 3 N–H and O–H groups in total. The Balaban J connectivity index is 2.20. The predicted molar refractivity (Wildman–Crippen MR) is 79.4 cm³/mol. The van der Waals surface area contributed by atoms with Crippen molar-refractivity contribution >= 4 is 6.03 Å². The van der Waals surface area contributed by atoms with Crippen molar-refractivity contribution in [2.24, 2.45) is 5.41 Å². The van der Waals surface area contributed by atoms with E-state index in [2.05, 4.69) is 15.6 Å².